The Hall–Kier alpha value is -1.69. The summed E-state index contributed by atoms with van der Waals surface area (Å²) >= 11 is 1.56. The Kier molecular flexibility index (Phi) is 6.55. The van der Waals surface area contributed by atoms with E-state index >= 15 is 0 Å². The van der Waals surface area contributed by atoms with Crippen LogP contribution in [-0.4, -0.2) is 30.3 Å². The maximum atomic E-state index is 12.0. The Morgan fingerprint density at radius 2 is 1.90 bits per heavy atom. The van der Waals surface area contributed by atoms with Crippen molar-refractivity contribution in [1.29, 1.82) is 0 Å². The summed E-state index contributed by atoms with van der Waals surface area (Å²) in [4.78, 5) is 36.8. The van der Waals surface area contributed by atoms with Crippen LogP contribution in [0.1, 0.15) is 46.8 Å². The van der Waals surface area contributed by atoms with E-state index in [1.807, 2.05) is 33.8 Å². The smallest absolute Gasteiger partial charge is 0.306 e. The van der Waals surface area contributed by atoms with Gasteiger partial charge in [0.2, 0.25) is 0 Å². The van der Waals surface area contributed by atoms with Crippen molar-refractivity contribution in [2.24, 2.45) is 0 Å². The molecule has 1 amide bonds. The Balaban J connectivity index is 2.35. The highest BCUT2D eigenvalue weighted by atomic mass is 32.1. The number of ether oxygens (including phenoxy) is 1. The van der Waals surface area contributed by atoms with Crippen molar-refractivity contribution in [3.05, 3.63) is 21.4 Å². The van der Waals surface area contributed by atoms with Gasteiger partial charge in [0.15, 0.2) is 12.4 Å². The van der Waals surface area contributed by atoms with E-state index in [-0.39, 0.29) is 37.2 Å². The summed E-state index contributed by atoms with van der Waals surface area (Å²) in [6, 6.07) is 1.84. The average molecular weight is 311 g/mol. The van der Waals surface area contributed by atoms with Gasteiger partial charge in [-0.1, -0.05) is 0 Å². The van der Waals surface area contributed by atoms with Gasteiger partial charge < -0.3 is 10.1 Å². The van der Waals surface area contributed by atoms with E-state index in [0.29, 0.717) is 5.56 Å². The van der Waals surface area contributed by atoms with Gasteiger partial charge in [-0.3, -0.25) is 14.4 Å². The third kappa shape index (κ3) is 6.08. The van der Waals surface area contributed by atoms with E-state index < -0.39 is 5.97 Å². The van der Waals surface area contributed by atoms with Crippen LogP contribution in [-0.2, 0) is 14.3 Å². The summed E-state index contributed by atoms with van der Waals surface area (Å²) in [5, 5.41) is 2.62. The van der Waals surface area contributed by atoms with Gasteiger partial charge in [-0.15, -0.1) is 11.3 Å². The molecule has 0 fully saturated rings. The molecular formula is C15H21NO4S. The molecule has 0 unspecified atom stereocenters. The molecule has 1 rings (SSSR count). The van der Waals surface area contributed by atoms with Gasteiger partial charge in [0.05, 0.1) is 6.42 Å². The molecule has 1 heterocycles. The number of thiophene rings is 1. The molecule has 0 saturated heterocycles. The van der Waals surface area contributed by atoms with Crippen LogP contribution in [0.4, 0.5) is 0 Å². The molecule has 1 aromatic heterocycles. The van der Waals surface area contributed by atoms with Crippen molar-refractivity contribution in [3.8, 4) is 0 Å². The maximum absolute atomic E-state index is 12.0. The minimum Gasteiger partial charge on any atom is -0.456 e. The van der Waals surface area contributed by atoms with Crippen LogP contribution in [0.15, 0.2) is 6.07 Å². The van der Waals surface area contributed by atoms with Crippen molar-refractivity contribution in [2.45, 2.75) is 46.6 Å². The Morgan fingerprint density at radius 1 is 1.24 bits per heavy atom. The van der Waals surface area contributed by atoms with Crippen LogP contribution in [0.2, 0.25) is 0 Å². The lowest BCUT2D eigenvalue weighted by molar-refractivity contribution is -0.148. The Bertz CT molecular complexity index is 534. The van der Waals surface area contributed by atoms with Crippen molar-refractivity contribution >= 4 is 29.0 Å². The summed E-state index contributed by atoms with van der Waals surface area (Å²) < 4.78 is 4.83. The summed E-state index contributed by atoms with van der Waals surface area (Å²) in [6.07, 6.45) is 0.0871. The van der Waals surface area contributed by atoms with Gasteiger partial charge in [0.1, 0.15) is 0 Å². The highest BCUT2D eigenvalue weighted by Crippen LogP contribution is 2.22. The second-order valence-electron chi connectivity index (χ2n) is 5.13. The zero-order valence-corrected chi connectivity index (χ0v) is 13.6. The molecule has 0 radical (unpaired) electrons. The molecule has 0 bridgehead atoms. The largest absolute Gasteiger partial charge is 0.456 e. The van der Waals surface area contributed by atoms with Gasteiger partial charge in [-0.2, -0.15) is 0 Å². The predicted octanol–water partition coefficient (Wildman–Crippen LogP) is 2.40. The zero-order chi connectivity index (χ0) is 16.0. The number of rotatable bonds is 7. The number of aryl methyl sites for hydroxylation is 2. The Labute approximate surface area is 128 Å². The van der Waals surface area contributed by atoms with E-state index in [0.717, 1.165) is 9.75 Å². The van der Waals surface area contributed by atoms with Crippen LogP contribution in [0.5, 0.6) is 0 Å². The molecule has 0 aliphatic heterocycles. The molecule has 1 N–H and O–H groups in total. The second kappa shape index (κ2) is 7.93. The van der Waals surface area contributed by atoms with Crippen LogP contribution >= 0.6 is 11.3 Å². The van der Waals surface area contributed by atoms with Crippen LogP contribution < -0.4 is 5.32 Å². The van der Waals surface area contributed by atoms with Crippen molar-refractivity contribution in [2.75, 3.05) is 6.61 Å². The van der Waals surface area contributed by atoms with Crippen LogP contribution in [0.25, 0.3) is 0 Å². The number of Topliss-reactive ketones (excluding diaryl/α,β-unsaturated/α-hetero) is 1. The molecule has 21 heavy (non-hydrogen) atoms. The minimum atomic E-state index is -0.535. The first-order chi connectivity index (χ1) is 9.79. The summed E-state index contributed by atoms with van der Waals surface area (Å²) in [7, 11) is 0. The lowest BCUT2D eigenvalue weighted by atomic mass is 10.1. The lowest BCUT2D eigenvalue weighted by Crippen LogP contribution is -2.34. The fourth-order valence-corrected chi connectivity index (χ4v) is 2.78. The number of ketones is 1. The third-order valence-corrected chi connectivity index (χ3v) is 3.68. The molecule has 0 saturated carbocycles. The number of esters is 1. The summed E-state index contributed by atoms with van der Waals surface area (Å²) in [5.41, 5.74) is 0.669. The number of hydrogen-bond acceptors (Lipinski definition) is 5. The van der Waals surface area contributed by atoms with Crippen LogP contribution in [0.3, 0.4) is 0 Å². The maximum Gasteiger partial charge on any atom is 0.306 e. The topological polar surface area (TPSA) is 72.5 Å². The van der Waals surface area contributed by atoms with Gasteiger partial charge in [0, 0.05) is 27.8 Å². The summed E-state index contributed by atoms with van der Waals surface area (Å²) in [5.74, 6) is -0.943. The molecule has 1 aromatic rings. The zero-order valence-electron chi connectivity index (χ0n) is 12.8. The van der Waals surface area contributed by atoms with E-state index in [1.165, 1.54) is 0 Å². The molecule has 6 heteroatoms. The SMILES string of the molecule is Cc1cc(C(=O)CCC(=O)OCC(=O)NC(C)C)c(C)s1. The third-order valence-electron chi connectivity index (χ3n) is 2.71. The number of carbonyl (C=O) groups excluding carboxylic acids is 3. The van der Waals surface area contributed by atoms with Crippen LogP contribution in [0, 0.1) is 13.8 Å². The average Bonchev–Trinajstić information content (AvgIpc) is 2.72. The quantitative estimate of drug-likeness (QED) is 0.620. The fraction of sp³-hybridized carbons (Fsp3) is 0.533. The highest BCUT2D eigenvalue weighted by Gasteiger charge is 2.15. The highest BCUT2D eigenvalue weighted by molar-refractivity contribution is 7.12. The van der Waals surface area contributed by atoms with Crippen molar-refractivity contribution in [3.63, 3.8) is 0 Å². The number of nitrogens with one attached hydrogen (secondary N) is 1. The van der Waals surface area contributed by atoms with Gasteiger partial charge in [-0.25, -0.2) is 0 Å². The second-order valence-corrected chi connectivity index (χ2v) is 6.59. The fourth-order valence-electron chi connectivity index (χ4n) is 1.84. The molecule has 5 nitrogen and oxygen atoms in total. The first-order valence-electron chi connectivity index (χ1n) is 6.84. The normalized spacial score (nSPS) is 10.5. The Morgan fingerprint density at radius 3 is 2.43 bits per heavy atom. The molecule has 0 spiro atoms. The van der Waals surface area contributed by atoms with Gasteiger partial charge in [-0.05, 0) is 33.8 Å². The molecule has 0 aromatic carbocycles. The first kappa shape index (κ1) is 17.4. The molecule has 116 valence electrons. The van der Waals surface area contributed by atoms with Gasteiger partial charge in [0.25, 0.3) is 5.91 Å². The van der Waals surface area contributed by atoms with E-state index in [2.05, 4.69) is 5.32 Å². The summed E-state index contributed by atoms with van der Waals surface area (Å²) in [6.45, 7) is 7.17. The number of hydrogen-bond donors (Lipinski definition) is 1. The van der Waals surface area contributed by atoms with Gasteiger partial charge >= 0.3 is 5.97 Å². The van der Waals surface area contributed by atoms with E-state index in [9.17, 15) is 14.4 Å². The number of carbonyl (C=O) groups is 3. The minimum absolute atomic E-state index is 0.00239. The number of amides is 1. The monoisotopic (exact) mass is 311 g/mol. The van der Waals surface area contributed by atoms with E-state index in [1.54, 1.807) is 11.3 Å². The molecule has 0 atom stereocenters. The molecule has 0 aliphatic carbocycles. The van der Waals surface area contributed by atoms with E-state index in [4.69, 9.17) is 4.74 Å². The molecule has 0 aliphatic rings. The lowest BCUT2D eigenvalue weighted by Gasteiger charge is -2.08. The predicted molar refractivity (Wildman–Crippen MR) is 81.6 cm³/mol. The standard InChI is InChI=1S/C15H21NO4S/c1-9(2)16-14(18)8-20-15(19)6-5-13(17)12-7-10(3)21-11(12)4/h7,9H,5-6,8H2,1-4H3,(H,16,18). The van der Waals surface area contributed by atoms with Crippen molar-refractivity contribution in [1.82, 2.24) is 5.32 Å². The molecular weight excluding hydrogens is 290 g/mol. The first-order valence-corrected chi connectivity index (χ1v) is 7.66. The van der Waals surface area contributed by atoms with Crippen molar-refractivity contribution < 1.29 is 19.1 Å².